The number of hydrogen-bond donors (Lipinski definition) is 0. The van der Waals surface area contributed by atoms with Crippen LogP contribution in [-0.4, -0.2) is 47.9 Å². The fraction of sp³-hybridized carbons (Fsp3) is 0.533. The standard InChI is InChI=1S/C15H20BrFN2O/c1-3-11(2)18-6-8-19(9-7-18)15(20)12-4-5-13(16)14(17)10-12/h4-5,10-11H,3,6-9H2,1-2H3. The highest BCUT2D eigenvalue weighted by atomic mass is 79.9. The van der Waals surface area contributed by atoms with E-state index in [0.717, 1.165) is 19.5 Å². The molecule has 0 aliphatic carbocycles. The van der Waals surface area contributed by atoms with Crippen molar-refractivity contribution in [2.24, 2.45) is 0 Å². The Morgan fingerprint density at radius 1 is 1.35 bits per heavy atom. The third-order valence-electron chi connectivity index (χ3n) is 3.98. The smallest absolute Gasteiger partial charge is 0.254 e. The minimum atomic E-state index is -0.394. The summed E-state index contributed by atoms with van der Waals surface area (Å²) in [6.45, 7) is 7.58. The maximum Gasteiger partial charge on any atom is 0.254 e. The van der Waals surface area contributed by atoms with E-state index in [9.17, 15) is 9.18 Å². The molecule has 1 aromatic rings. The summed E-state index contributed by atoms with van der Waals surface area (Å²) in [6.07, 6.45) is 1.12. The maximum absolute atomic E-state index is 13.5. The molecule has 0 bridgehead atoms. The van der Waals surface area contributed by atoms with Gasteiger partial charge in [0.25, 0.3) is 5.91 Å². The van der Waals surface area contributed by atoms with Crippen molar-refractivity contribution in [2.45, 2.75) is 26.3 Å². The van der Waals surface area contributed by atoms with Gasteiger partial charge in [0.2, 0.25) is 0 Å². The SMILES string of the molecule is CCC(C)N1CCN(C(=O)c2ccc(Br)c(F)c2)CC1. The zero-order valence-electron chi connectivity index (χ0n) is 11.9. The van der Waals surface area contributed by atoms with Crippen LogP contribution in [0.4, 0.5) is 4.39 Å². The van der Waals surface area contributed by atoms with Gasteiger partial charge in [0.15, 0.2) is 0 Å². The quantitative estimate of drug-likeness (QED) is 0.842. The van der Waals surface area contributed by atoms with Crippen LogP contribution >= 0.6 is 15.9 Å². The van der Waals surface area contributed by atoms with Crippen molar-refractivity contribution in [1.82, 2.24) is 9.80 Å². The summed E-state index contributed by atoms with van der Waals surface area (Å²) in [4.78, 5) is 16.5. The van der Waals surface area contributed by atoms with Crippen molar-refractivity contribution < 1.29 is 9.18 Å². The van der Waals surface area contributed by atoms with Gasteiger partial charge in [-0.05, 0) is 47.5 Å². The summed E-state index contributed by atoms with van der Waals surface area (Å²) in [5.74, 6) is -0.478. The first-order valence-corrected chi connectivity index (χ1v) is 7.80. The number of carbonyl (C=O) groups is 1. The van der Waals surface area contributed by atoms with Crippen LogP contribution in [0.15, 0.2) is 22.7 Å². The fourth-order valence-corrected chi connectivity index (χ4v) is 2.68. The molecular formula is C15H20BrFN2O. The molecule has 1 saturated heterocycles. The number of piperazine rings is 1. The molecule has 1 aliphatic heterocycles. The molecule has 1 unspecified atom stereocenters. The molecule has 0 aromatic heterocycles. The summed E-state index contributed by atoms with van der Waals surface area (Å²) in [6, 6.07) is 5.10. The Labute approximate surface area is 127 Å². The summed E-state index contributed by atoms with van der Waals surface area (Å²) in [5.41, 5.74) is 0.419. The number of benzene rings is 1. The first-order chi connectivity index (χ1) is 9.52. The molecule has 20 heavy (non-hydrogen) atoms. The van der Waals surface area contributed by atoms with Crippen molar-refractivity contribution in [3.05, 3.63) is 34.1 Å². The predicted molar refractivity (Wildman–Crippen MR) is 81.3 cm³/mol. The minimum absolute atomic E-state index is 0.0831. The van der Waals surface area contributed by atoms with Crippen LogP contribution < -0.4 is 0 Å². The summed E-state index contributed by atoms with van der Waals surface area (Å²) in [7, 11) is 0. The number of rotatable bonds is 3. The van der Waals surface area contributed by atoms with Gasteiger partial charge in [0, 0.05) is 37.8 Å². The lowest BCUT2D eigenvalue weighted by Gasteiger charge is -2.37. The minimum Gasteiger partial charge on any atom is -0.336 e. The molecular weight excluding hydrogens is 323 g/mol. The maximum atomic E-state index is 13.5. The van der Waals surface area contributed by atoms with E-state index in [1.54, 1.807) is 12.1 Å². The Morgan fingerprint density at radius 3 is 2.55 bits per heavy atom. The number of carbonyl (C=O) groups excluding carboxylic acids is 1. The zero-order valence-corrected chi connectivity index (χ0v) is 13.5. The van der Waals surface area contributed by atoms with Crippen LogP contribution in [-0.2, 0) is 0 Å². The van der Waals surface area contributed by atoms with Crippen molar-refractivity contribution in [2.75, 3.05) is 26.2 Å². The van der Waals surface area contributed by atoms with Crippen molar-refractivity contribution in [1.29, 1.82) is 0 Å². The second-order valence-electron chi connectivity index (χ2n) is 5.21. The first-order valence-electron chi connectivity index (χ1n) is 7.01. The molecule has 1 atom stereocenters. The van der Waals surface area contributed by atoms with Crippen LogP contribution in [0.2, 0.25) is 0 Å². The monoisotopic (exact) mass is 342 g/mol. The summed E-state index contributed by atoms with van der Waals surface area (Å²) in [5, 5.41) is 0. The van der Waals surface area contributed by atoms with Gasteiger partial charge in [0.1, 0.15) is 5.82 Å². The Morgan fingerprint density at radius 2 is 2.00 bits per heavy atom. The Hall–Kier alpha value is -0.940. The highest BCUT2D eigenvalue weighted by Gasteiger charge is 2.24. The molecule has 5 heteroatoms. The van der Waals surface area contributed by atoms with E-state index in [-0.39, 0.29) is 5.91 Å². The molecule has 1 aromatic carbocycles. The molecule has 0 saturated carbocycles. The average molecular weight is 343 g/mol. The van der Waals surface area contributed by atoms with Crippen LogP contribution in [0.25, 0.3) is 0 Å². The van der Waals surface area contributed by atoms with E-state index < -0.39 is 5.82 Å². The molecule has 1 aliphatic rings. The summed E-state index contributed by atoms with van der Waals surface area (Å²) < 4.78 is 13.9. The average Bonchev–Trinajstić information content (AvgIpc) is 2.48. The van der Waals surface area contributed by atoms with E-state index >= 15 is 0 Å². The highest BCUT2D eigenvalue weighted by Crippen LogP contribution is 2.18. The van der Waals surface area contributed by atoms with Gasteiger partial charge in [-0.25, -0.2) is 4.39 Å². The predicted octanol–water partition coefficient (Wildman–Crippen LogP) is 3.14. The largest absolute Gasteiger partial charge is 0.336 e. The van der Waals surface area contributed by atoms with Gasteiger partial charge in [0.05, 0.1) is 4.47 Å². The Kier molecular flexibility index (Phi) is 5.16. The van der Waals surface area contributed by atoms with Crippen molar-refractivity contribution in [3.63, 3.8) is 0 Å². The van der Waals surface area contributed by atoms with Crippen LogP contribution in [0.3, 0.4) is 0 Å². The van der Waals surface area contributed by atoms with E-state index in [2.05, 4.69) is 34.7 Å². The van der Waals surface area contributed by atoms with Gasteiger partial charge < -0.3 is 4.90 Å². The molecule has 0 spiro atoms. The van der Waals surface area contributed by atoms with Crippen LogP contribution in [0.5, 0.6) is 0 Å². The molecule has 110 valence electrons. The topological polar surface area (TPSA) is 23.6 Å². The Balaban J connectivity index is 1.99. The number of halogens is 2. The summed E-state index contributed by atoms with van der Waals surface area (Å²) >= 11 is 3.10. The molecule has 2 rings (SSSR count). The molecule has 0 radical (unpaired) electrons. The lowest BCUT2D eigenvalue weighted by atomic mass is 10.1. The van der Waals surface area contributed by atoms with Gasteiger partial charge >= 0.3 is 0 Å². The van der Waals surface area contributed by atoms with E-state index in [1.165, 1.54) is 6.07 Å². The van der Waals surface area contributed by atoms with Gasteiger partial charge in [-0.3, -0.25) is 9.69 Å². The first kappa shape index (κ1) is 15.4. The molecule has 3 nitrogen and oxygen atoms in total. The third-order valence-corrected chi connectivity index (χ3v) is 4.63. The molecule has 1 heterocycles. The number of amides is 1. The van der Waals surface area contributed by atoms with Crippen LogP contribution in [0.1, 0.15) is 30.6 Å². The molecule has 1 fully saturated rings. The lowest BCUT2D eigenvalue weighted by Crippen LogP contribution is -2.51. The van der Waals surface area contributed by atoms with E-state index in [0.29, 0.717) is 29.2 Å². The number of nitrogens with zero attached hydrogens (tertiary/aromatic N) is 2. The lowest BCUT2D eigenvalue weighted by molar-refractivity contribution is 0.0579. The van der Waals surface area contributed by atoms with Gasteiger partial charge in [-0.2, -0.15) is 0 Å². The second-order valence-corrected chi connectivity index (χ2v) is 6.07. The molecule has 0 N–H and O–H groups in total. The number of hydrogen-bond acceptors (Lipinski definition) is 2. The van der Waals surface area contributed by atoms with Crippen molar-refractivity contribution >= 4 is 21.8 Å². The zero-order chi connectivity index (χ0) is 14.7. The fourth-order valence-electron chi connectivity index (χ4n) is 2.44. The van der Waals surface area contributed by atoms with E-state index in [1.807, 2.05) is 4.90 Å². The van der Waals surface area contributed by atoms with Gasteiger partial charge in [-0.1, -0.05) is 6.92 Å². The normalized spacial score (nSPS) is 18.1. The second kappa shape index (κ2) is 6.68. The third kappa shape index (κ3) is 3.38. The Bertz CT molecular complexity index is 487. The van der Waals surface area contributed by atoms with Crippen LogP contribution in [0, 0.1) is 5.82 Å². The molecule has 1 amide bonds. The highest BCUT2D eigenvalue weighted by molar-refractivity contribution is 9.10. The van der Waals surface area contributed by atoms with E-state index in [4.69, 9.17) is 0 Å². The van der Waals surface area contributed by atoms with Gasteiger partial charge in [-0.15, -0.1) is 0 Å². The van der Waals surface area contributed by atoms with Crippen molar-refractivity contribution in [3.8, 4) is 0 Å².